The number of hydrogen-bond acceptors (Lipinski definition) is 5. The van der Waals surface area contributed by atoms with E-state index in [2.05, 4.69) is 6.58 Å². The molecule has 0 saturated carbocycles. The third-order valence-electron chi connectivity index (χ3n) is 6.23. The summed E-state index contributed by atoms with van der Waals surface area (Å²) in [4.78, 5) is 14.6. The summed E-state index contributed by atoms with van der Waals surface area (Å²) in [5.41, 5.74) is -0.0144. The fourth-order valence-electron chi connectivity index (χ4n) is 3.91. The molecule has 1 aromatic rings. The van der Waals surface area contributed by atoms with Crippen LogP contribution in [0.1, 0.15) is 32.8 Å². The van der Waals surface area contributed by atoms with Crippen LogP contribution in [0.4, 0.5) is 13.2 Å². The number of piperidine rings is 1. The zero-order chi connectivity index (χ0) is 25.1. The van der Waals surface area contributed by atoms with Crippen LogP contribution < -0.4 is 0 Å². The first-order chi connectivity index (χ1) is 16.0. The van der Waals surface area contributed by atoms with E-state index >= 15 is 0 Å². The quantitative estimate of drug-likeness (QED) is 0.307. The molecule has 6 nitrogen and oxygen atoms in total. The van der Waals surface area contributed by atoms with Gasteiger partial charge in [0.25, 0.3) is 11.8 Å². The normalized spacial score (nSPS) is 24.4. The van der Waals surface area contributed by atoms with Crippen molar-refractivity contribution in [2.75, 3.05) is 27.0 Å². The third kappa shape index (κ3) is 5.47. The summed E-state index contributed by atoms with van der Waals surface area (Å²) >= 11 is 0. The minimum atomic E-state index is -3.06. The van der Waals surface area contributed by atoms with Gasteiger partial charge < -0.3 is 23.8 Å². The number of ether oxygens (including phenoxy) is 4. The number of benzene rings is 1. The van der Waals surface area contributed by atoms with Crippen molar-refractivity contribution in [3.8, 4) is 0 Å². The lowest BCUT2D eigenvalue weighted by atomic mass is 9.82. The van der Waals surface area contributed by atoms with Crippen LogP contribution in [0.3, 0.4) is 0 Å². The Morgan fingerprint density at radius 2 is 2.12 bits per heavy atom. The van der Waals surface area contributed by atoms with Crippen LogP contribution in [0.2, 0.25) is 0 Å². The molecule has 2 aliphatic heterocycles. The van der Waals surface area contributed by atoms with Gasteiger partial charge in [-0.2, -0.15) is 0 Å². The number of carbonyl (C=O) groups is 1. The van der Waals surface area contributed by atoms with Gasteiger partial charge in [-0.3, -0.25) is 4.79 Å². The number of amides is 1. The molecule has 0 N–H and O–H groups in total. The Labute approximate surface area is 197 Å². The zero-order valence-corrected chi connectivity index (χ0v) is 19.8. The van der Waals surface area contributed by atoms with Crippen molar-refractivity contribution < 1.29 is 36.9 Å². The lowest BCUT2D eigenvalue weighted by Crippen LogP contribution is -2.53. The lowest BCUT2D eigenvalue weighted by Gasteiger charge is -2.42. The van der Waals surface area contributed by atoms with E-state index in [1.165, 1.54) is 38.3 Å². The number of fused-ring (bicyclic) bond motifs is 1. The van der Waals surface area contributed by atoms with Crippen LogP contribution >= 0.6 is 0 Å². The predicted octanol–water partition coefficient (Wildman–Crippen LogP) is 4.68. The summed E-state index contributed by atoms with van der Waals surface area (Å²) in [5.74, 6) is -3.43. The topological polar surface area (TPSA) is 57.2 Å². The van der Waals surface area contributed by atoms with Crippen LogP contribution in [0.15, 0.2) is 60.1 Å². The van der Waals surface area contributed by atoms with E-state index in [0.29, 0.717) is 18.5 Å². The van der Waals surface area contributed by atoms with E-state index < -0.39 is 23.7 Å². The molecule has 0 aromatic heterocycles. The van der Waals surface area contributed by atoms with Gasteiger partial charge in [-0.15, -0.1) is 0 Å². The highest BCUT2D eigenvalue weighted by molar-refractivity contribution is 5.95. The van der Waals surface area contributed by atoms with Gasteiger partial charge in [-0.1, -0.05) is 18.7 Å². The molecule has 186 valence electrons. The molecule has 2 saturated heterocycles. The molecule has 34 heavy (non-hydrogen) atoms. The molecule has 3 rings (SSSR count). The summed E-state index contributed by atoms with van der Waals surface area (Å²) in [6.45, 7) is 8.03. The van der Waals surface area contributed by atoms with Crippen molar-refractivity contribution in [1.29, 1.82) is 0 Å². The maximum absolute atomic E-state index is 13.8. The highest BCUT2D eigenvalue weighted by atomic mass is 19.3. The molecule has 3 atom stereocenters. The molecule has 2 fully saturated rings. The number of halogens is 3. The van der Waals surface area contributed by atoms with Gasteiger partial charge in [0.05, 0.1) is 13.7 Å². The number of likely N-dealkylation sites (tertiary alicyclic amines) is 1. The van der Waals surface area contributed by atoms with Gasteiger partial charge in [0.15, 0.2) is 11.9 Å². The SMILES string of the molecule is C=C(/C=C\C(OC(C)C(C)(F)F)=C(/C)OC)C(=O)N1CC[C@]2(c3cccc(F)c3)OCO[C@H]2C1. The van der Waals surface area contributed by atoms with E-state index in [-0.39, 0.29) is 42.2 Å². The Balaban J connectivity index is 1.70. The van der Waals surface area contributed by atoms with Crippen molar-refractivity contribution in [3.63, 3.8) is 0 Å². The van der Waals surface area contributed by atoms with Gasteiger partial charge in [-0.05, 0) is 43.7 Å². The zero-order valence-electron chi connectivity index (χ0n) is 19.8. The van der Waals surface area contributed by atoms with Gasteiger partial charge in [-0.25, -0.2) is 13.2 Å². The van der Waals surface area contributed by atoms with Crippen LogP contribution in [0.5, 0.6) is 0 Å². The second-order valence-corrected chi connectivity index (χ2v) is 8.52. The minimum Gasteiger partial charge on any atom is -0.498 e. The van der Waals surface area contributed by atoms with E-state index in [9.17, 15) is 18.0 Å². The van der Waals surface area contributed by atoms with Gasteiger partial charge in [0.2, 0.25) is 0 Å². The third-order valence-corrected chi connectivity index (χ3v) is 6.23. The second kappa shape index (κ2) is 10.2. The lowest BCUT2D eigenvalue weighted by molar-refractivity contribution is -0.133. The molecular weight excluding hydrogens is 451 g/mol. The Morgan fingerprint density at radius 1 is 1.38 bits per heavy atom. The van der Waals surface area contributed by atoms with Crippen molar-refractivity contribution in [1.82, 2.24) is 4.90 Å². The number of nitrogens with zero attached hydrogens (tertiary/aromatic N) is 1. The van der Waals surface area contributed by atoms with Gasteiger partial charge in [0, 0.05) is 25.5 Å². The van der Waals surface area contributed by atoms with E-state index in [0.717, 1.165) is 6.92 Å². The summed E-state index contributed by atoms with van der Waals surface area (Å²) in [6, 6.07) is 6.19. The van der Waals surface area contributed by atoms with Crippen molar-refractivity contribution in [3.05, 3.63) is 71.5 Å². The van der Waals surface area contributed by atoms with E-state index in [1.807, 2.05) is 0 Å². The Kier molecular flexibility index (Phi) is 7.77. The molecule has 1 aromatic carbocycles. The summed E-state index contributed by atoms with van der Waals surface area (Å²) < 4.78 is 63.0. The van der Waals surface area contributed by atoms with Crippen molar-refractivity contribution in [2.45, 2.75) is 50.9 Å². The maximum Gasteiger partial charge on any atom is 0.281 e. The predicted molar refractivity (Wildman–Crippen MR) is 119 cm³/mol. The first kappa shape index (κ1) is 25.8. The average molecular weight is 482 g/mol. The maximum atomic E-state index is 13.8. The Bertz CT molecular complexity index is 987. The van der Waals surface area contributed by atoms with Crippen LogP contribution in [0, 0.1) is 5.82 Å². The molecule has 2 aliphatic rings. The van der Waals surface area contributed by atoms with Gasteiger partial charge in [0.1, 0.15) is 30.1 Å². The number of allylic oxidation sites excluding steroid dienone is 2. The van der Waals surface area contributed by atoms with Crippen molar-refractivity contribution >= 4 is 5.91 Å². The monoisotopic (exact) mass is 481 g/mol. The molecule has 0 radical (unpaired) electrons. The highest BCUT2D eigenvalue weighted by Crippen LogP contribution is 2.42. The molecular formula is C25H30F3NO5. The largest absolute Gasteiger partial charge is 0.498 e. The Morgan fingerprint density at radius 3 is 2.76 bits per heavy atom. The number of rotatable bonds is 8. The fourth-order valence-corrected chi connectivity index (χ4v) is 3.91. The molecule has 1 amide bonds. The smallest absolute Gasteiger partial charge is 0.281 e. The molecule has 1 unspecified atom stereocenters. The summed E-state index contributed by atoms with van der Waals surface area (Å²) in [6.07, 6.45) is 1.34. The molecule has 9 heteroatoms. The fraction of sp³-hybridized carbons (Fsp3) is 0.480. The van der Waals surface area contributed by atoms with Gasteiger partial charge >= 0.3 is 0 Å². The number of hydrogen-bond donors (Lipinski definition) is 0. The van der Waals surface area contributed by atoms with Crippen LogP contribution in [-0.4, -0.2) is 55.9 Å². The first-order valence-electron chi connectivity index (χ1n) is 10.9. The number of carbonyl (C=O) groups excluding carboxylic acids is 1. The first-order valence-corrected chi connectivity index (χ1v) is 10.9. The summed E-state index contributed by atoms with van der Waals surface area (Å²) in [7, 11) is 1.39. The van der Waals surface area contributed by atoms with E-state index in [1.54, 1.807) is 24.0 Å². The minimum absolute atomic E-state index is 0.0477. The second-order valence-electron chi connectivity index (χ2n) is 8.52. The molecule has 2 heterocycles. The number of methoxy groups -OCH3 is 1. The molecule has 0 aliphatic carbocycles. The van der Waals surface area contributed by atoms with Crippen molar-refractivity contribution in [2.24, 2.45) is 0 Å². The summed E-state index contributed by atoms with van der Waals surface area (Å²) in [5, 5.41) is 0. The van der Waals surface area contributed by atoms with Crippen LogP contribution in [-0.2, 0) is 29.3 Å². The highest BCUT2D eigenvalue weighted by Gasteiger charge is 2.51. The van der Waals surface area contributed by atoms with E-state index in [4.69, 9.17) is 18.9 Å². The molecule has 0 bridgehead atoms. The Hall–Kier alpha value is -2.78. The average Bonchev–Trinajstić information content (AvgIpc) is 3.24. The molecule has 0 spiro atoms. The number of alkyl halides is 2. The standard InChI is InChI=1S/C25H30F3NO5/c1-16(9-10-21(17(2)31-5)34-18(3)24(4,27)28)23(30)29-12-11-25(22(14-29)32-15-33-25)19-7-6-8-20(26)13-19/h6-10,13,18,22H,1,11-12,14-15H2,2-5H3/b10-9-,21-17-/t18?,22-,25+/m0/s1. The van der Waals surface area contributed by atoms with Crippen LogP contribution in [0.25, 0.3) is 0 Å².